The molecule has 0 aliphatic heterocycles. The lowest BCUT2D eigenvalue weighted by molar-refractivity contribution is 0.570. The Bertz CT molecular complexity index is 364. The van der Waals surface area contributed by atoms with Crippen molar-refractivity contribution in [1.29, 1.82) is 0 Å². The van der Waals surface area contributed by atoms with Gasteiger partial charge in [0.2, 0.25) is 0 Å². The Kier molecular flexibility index (Phi) is 3.37. The Hall–Kier alpha value is -0.980. The van der Waals surface area contributed by atoms with Crippen LogP contribution in [0.3, 0.4) is 0 Å². The van der Waals surface area contributed by atoms with E-state index in [1.54, 1.807) is 0 Å². The third-order valence-electron chi connectivity index (χ3n) is 2.96. The molecule has 0 fully saturated rings. The molecule has 1 heteroatoms. The molecule has 1 N–H and O–H groups in total. The van der Waals surface area contributed by atoms with Crippen molar-refractivity contribution in [2.45, 2.75) is 52.4 Å². The molecule has 0 amide bonds. The second-order valence-corrected chi connectivity index (χ2v) is 6.51. The van der Waals surface area contributed by atoms with Gasteiger partial charge in [0.05, 0.1) is 0 Å². The van der Waals surface area contributed by atoms with Crippen LogP contribution in [0.1, 0.15) is 52.7 Å². The van der Waals surface area contributed by atoms with Crippen molar-refractivity contribution < 1.29 is 0 Å². The van der Waals surface area contributed by atoms with Crippen LogP contribution in [0.2, 0.25) is 0 Å². The van der Waals surface area contributed by atoms with Crippen molar-refractivity contribution in [2.24, 2.45) is 0 Å². The van der Waals surface area contributed by atoms with Gasteiger partial charge in [-0.15, -0.1) is 0 Å². The number of hydrogen-bond donors (Lipinski definition) is 1. The number of anilines is 1. The summed E-state index contributed by atoms with van der Waals surface area (Å²) < 4.78 is 0. The minimum atomic E-state index is 0.180. The summed E-state index contributed by atoms with van der Waals surface area (Å²) in [5.74, 6) is 0. The maximum atomic E-state index is 3.28. The molecule has 16 heavy (non-hydrogen) atoms. The topological polar surface area (TPSA) is 12.0 Å². The van der Waals surface area contributed by atoms with E-state index >= 15 is 0 Å². The second kappa shape index (κ2) is 4.12. The molecule has 0 radical (unpaired) electrons. The molecular formula is C15H25N. The van der Waals surface area contributed by atoms with Crippen LogP contribution in [0, 0.1) is 0 Å². The fourth-order valence-electron chi connectivity index (χ4n) is 1.85. The molecule has 1 aromatic rings. The highest BCUT2D eigenvalue weighted by atomic mass is 14.8. The van der Waals surface area contributed by atoms with E-state index < -0.39 is 0 Å². The summed E-state index contributed by atoms with van der Waals surface area (Å²) in [7, 11) is 1.99. The van der Waals surface area contributed by atoms with Gasteiger partial charge in [-0.1, -0.05) is 53.7 Å². The summed E-state index contributed by atoms with van der Waals surface area (Å²) in [5.41, 5.74) is 4.42. The molecule has 0 aliphatic rings. The van der Waals surface area contributed by atoms with Gasteiger partial charge in [0.1, 0.15) is 0 Å². The van der Waals surface area contributed by atoms with E-state index in [9.17, 15) is 0 Å². The highest BCUT2D eigenvalue weighted by molar-refractivity contribution is 5.56. The molecule has 0 saturated heterocycles. The van der Waals surface area contributed by atoms with Gasteiger partial charge in [-0.2, -0.15) is 0 Å². The van der Waals surface area contributed by atoms with E-state index in [4.69, 9.17) is 0 Å². The molecule has 0 aromatic heterocycles. The predicted molar refractivity (Wildman–Crippen MR) is 73.4 cm³/mol. The van der Waals surface area contributed by atoms with Crippen molar-refractivity contribution >= 4 is 5.69 Å². The van der Waals surface area contributed by atoms with Crippen LogP contribution < -0.4 is 5.32 Å². The maximum Gasteiger partial charge on any atom is 0.0375 e. The van der Waals surface area contributed by atoms with Gasteiger partial charge in [0.25, 0.3) is 0 Å². The Morgan fingerprint density at radius 1 is 0.875 bits per heavy atom. The number of hydrogen-bond acceptors (Lipinski definition) is 1. The molecule has 1 aromatic carbocycles. The van der Waals surface area contributed by atoms with E-state index in [0.717, 1.165) is 0 Å². The molecule has 1 nitrogen and oxygen atoms in total. The average molecular weight is 219 g/mol. The maximum absolute atomic E-state index is 3.28. The van der Waals surface area contributed by atoms with Crippen LogP contribution in [0.15, 0.2) is 18.2 Å². The van der Waals surface area contributed by atoms with Crippen molar-refractivity contribution in [1.82, 2.24) is 0 Å². The van der Waals surface area contributed by atoms with E-state index in [1.807, 2.05) is 7.05 Å². The van der Waals surface area contributed by atoms with E-state index in [2.05, 4.69) is 65.1 Å². The molecule has 0 aliphatic carbocycles. The highest BCUT2D eigenvalue weighted by Gasteiger charge is 2.21. The van der Waals surface area contributed by atoms with Gasteiger partial charge in [-0.3, -0.25) is 0 Å². The smallest absolute Gasteiger partial charge is 0.0375 e. The molecule has 1 rings (SSSR count). The fraction of sp³-hybridized carbons (Fsp3) is 0.600. The quantitative estimate of drug-likeness (QED) is 0.741. The van der Waals surface area contributed by atoms with Gasteiger partial charge >= 0.3 is 0 Å². The van der Waals surface area contributed by atoms with Gasteiger partial charge in [-0.05, 0) is 28.0 Å². The van der Waals surface area contributed by atoms with Crippen LogP contribution in [0.5, 0.6) is 0 Å². The van der Waals surface area contributed by atoms with Crippen molar-refractivity contribution in [2.75, 3.05) is 12.4 Å². The van der Waals surface area contributed by atoms with Gasteiger partial charge in [0.15, 0.2) is 0 Å². The van der Waals surface area contributed by atoms with Crippen molar-refractivity contribution in [3.63, 3.8) is 0 Å². The zero-order valence-electron chi connectivity index (χ0n) is 11.7. The third kappa shape index (κ3) is 2.78. The lowest BCUT2D eigenvalue weighted by Gasteiger charge is -2.27. The highest BCUT2D eigenvalue weighted by Crippen LogP contribution is 2.33. The SMILES string of the molecule is CNc1ccc(C(C)(C)C)cc1C(C)(C)C. The van der Waals surface area contributed by atoms with E-state index in [0.29, 0.717) is 0 Å². The fourth-order valence-corrected chi connectivity index (χ4v) is 1.85. The average Bonchev–Trinajstić information content (AvgIpc) is 2.14. The summed E-state index contributed by atoms with van der Waals surface area (Å²) in [5, 5.41) is 3.28. The van der Waals surface area contributed by atoms with Crippen molar-refractivity contribution in [3.8, 4) is 0 Å². The Morgan fingerprint density at radius 2 is 1.44 bits per heavy atom. The van der Waals surface area contributed by atoms with Gasteiger partial charge < -0.3 is 5.32 Å². The minimum absolute atomic E-state index is 0.180. The zero-order chi connectivity index (χ0) is 12.6. The molecule has 0 unspecified atom stereocenters. The molecule has 0 saturated carbocycles. The first-order chi connectivity index (χ1) is 7.16. The second-order valence-electron chi connectivity index (χ2n) is 6.51. The van der Waals surface area contributed by atoms with Crippen molar-refractivity contribution in [3.05, 3.63) is 29.3 Å². The molecule has 0 atom stereocenters. The van der Waals surface area contributed by atoms with Crippen LogP contribution in [0.25, 0.3) is 0 Å². The minimum Gasteiger partial charge on any atom is -0.388 e. The normalized spacial score (nSPS) is 12.7. The van der Waals surface area contributed by atoms with E-state index in [1.165, 1.54) is 16.8 Å². The Balaban J connectivity index is 3.34. The van der Waals surface area contributed by atoms with Gasteiger partial charge in [-0.25, -0.2) is 0 Å². The monoisotopic (exact) mass is 219 g/mol. The summed E-state index contributed by atoms with van der Waals surface area (Å²) in [4.78, 5) is 0. The molecule has 0 spiro atoms. The van der Waals surface area contributed by atoms with Crippen LogP contribution in [0.4, 0.5) is 5.69 Å². The summed E-state index contributed by atoms with van der Waals surface area (Å²) in [6.45, 7) is 13.6. The third-order valence-corrected chi connectivity index (χ3v) is 2.96. The Labute approximate surface area is 100 Å². The first-order valence-electron chi connectivity index (χ1n) is 5.99. The van der Waals surface area contributed by atoms with Gasteiger partial charge in [0, 0.05) is 12.7 Å². The van der Waals surface area contributed by atoms with Crippen LogP contribution in [-0.2, 0) is 10.8 Å². The lowest BCUT2D eigenvalue weighted by Crippen LogP contribution is -2.17. The Morgan fingerprint density at radius 3 is 1.81 bits per heavy atom. The summed E-state index contributed by atoms with van der Waals surface area (Å²) >= 11 is 0. The number of benzene rings is 1. The molecule has 0 bridgehead atoms. The lowest BCUT2D eigenvalue weighted by atomic mass is 9.80. The summed E-state index contributed by atoms with van der Waals surface area (Å²) in [6.07, 6.45) is 0. The largest absolute Gasteiger partial charge is 0.388 e. The predicted octanol–water partition coefficient (Wildman–Crippen LogP) is 4.32. The first kappa shape index (κ1) is 13.1. The summed E-state index contributed by atoms with van der Waals surface area (Å²) in [6, 6.07) is 6.76. The molecular weight excluding hydrogens is 194 g/mol. The number of nitrogens with one attached hydrogen (secondary N) is 1. The molecule has 0 heterocycles. The van der Waals surface area contributed by atoms with Crippen LogP contribution in [-0.4, -0.2) is 7.05 Å². The molecule has 90 valence electrons. The van der Waals surface area contributed by atoms with Crippen LogP contribution >= 0.6 is 0 Å². The van der Waals surface area contributed by atoms with E-state index in [-0.39, 0.29) is 10.8 Å². The zero-order valence-corrected chi connectivity index (χ0v) is 11.7. The number of rotatable bonds is 1. The standard InChI is InChI=1S/C15H25N/c1-14(2,3)11-8-9-13(16-7)12(10-11)15(4,5)6/h8-10,16H,1-7H3. The first-order valence-corrected chi connectivity index (χ1v) is 5.99.